The highest BCUT2D eigenvalue weighted by Crippen LogP contribution is 2.28. The molecule has 1 atom stereocenters. The van der Waals surface area contributed by atoms with Gasteiger partial charge in [0.1, 0.15) is 0 Å². The Morgan fingerprint density at radius 1 is 1.00 bits per heavy atom. The maximum Gasteiger partial charge on any atom is 0.251 e. The van der Waals surface area contributed by atoms with Crippen molar-refractivity contribution < 1.29 is 14.3 Å². The van der Waals surface area contributed by atoms with Gasteiger partial charge >= 0.3 is 0 Å². The summed E-state index contributed by atoms with van der Waals surface area (Å²) >= 11 is 0. The molecule has 26 heavy (non-hydrogen) atoms. The lowest BCUT2D eigenvalue weighted by Crippen LogP contribution is -2.50. The van der Waals surface area contributed by atoms with Crippen molar-refractivity contribution >= 4 is 5.91 Å². The number of nitrogens with zero attached hydrogens (tertiary/aromatic N) is 1. The van der Waals surface area contributed by atoms with Crippen LogP contribution in [0, 0.1) is 0 Å². The van der Waals surface area contributed by atoms with E-state index in [2.05, 4.69) is 10.2 Å². The van der Waals surface area contributed by atoms with Crippen LogP contribution in [0.5, 0.6) is 11.5 Å². The van der Waals surface area contributed by atoms with Crippen LogP contribution >= 0.6 is 0 Å². The van der Waals surface area contributed by atoms with Gasteiger partial charge in [0.25, 0.3) is 5.91 Å². The number of carbonyl (C=O) groups excluding carboxylic acids is 1. The van der Waals surface area contributed by atoms with Crippen molar-refractivity contribution in [2.45, 2.75) is 63.5 Å². The van der Waals surface area contributed by atoms with Crippen molar-refractivity contribution in [1.82, 2.24) is 10.2 Å². The molecule has 1 N–H and O–H groups in total. The van der Waals surface area contributed by atoms with Crippen LogP contribution in [0.3, 0.4) is 0 Å². The summed E-state index contributed by atoms with van der Waals surface area (Å²) in [4.78, 5) is 15.3. The highest BCUT2D eigenvalue weighted by molar-refractivity contribution is 5.95. The van der Waals surface area contributed by atoms with Gasteiger partial charge in [0, 0.05) is 24.2 Å². The minimum absolute atomic E-state index is 0.0290. The third-order valence-electron chi connectivity index (χ3n) is 5.77. The normalized spacial score (nSPS) is 22.5. The molecule has 1 aromatic carbocycles. The van der Waals surface area contributed by atoms with Gasteiger partial charge in [-0.2, -0.15) is 0 Å². The van der Waals surface area contributed by atoms with E-state index in [1.165, 1.54) is 45.1 Å². The number of carbonyl (C=O) groups is 1. The second kappa shape index (κ2) is 9.26. The number of ether oxygens (including phenoxy) is 2. The fourth-order valence-electron chi connectivity index (χ4n) is 4.33. The molecule has 5 heteroatoms. The van der Waals surface area contributed by atoms with Crippen LogP contribution in [0.2, 0.25) is 0 Å². The average Bonchev–Trinajstić information content (AvgIpc) is 2.97. The van der Waals surface area contributed by atoms with E-state index in [0.717, 1.165) is 19.4 Å². The molecule has 1 aliphatic carbocycles. The topological polar surface area (TPSA) is 50.8 Å². The van der Waals surface area contributed by atoms with Gasteiger partial charge in [-0.1, -0.05) is 25.7 Å². The molecule has 0 aromatic heterocycles. The van der Waals surface area contributed by atoms with Gasteiger partial charge in [-0.25, -0.2) is 0 Å². The number of likely N-dealkylation sites (tertiary alicyclic amines) is 1. The van der Waals surface area contributed by atoms with Crippen molar-refractivity contribution in [3.05, 3.63) is 23.8 Å². The fourth-order valence-corrected chi connectivity index (χ4v) is 4.33. The monoisotopic (exact) mass is 360 g/mol. The molecule has 1 saturated carbocycles. The molecule has 1 amide bonds. The number of hydrogen-bond donors (Lipinski definition) is 1. The first-order valence-corrected chi connectivity index (χ1v) is 9.98. The summed E-state index contributed by atoms with van der Waals surface area (Å²) in [7, 11) is 3.19. The molecule has 0 radical (unpaired) electrons. The Morgan fingerprint density at radius 2 is 1.73 bits per heavy atom. The molecule has 3 rings (SSSR count). The van der Waals surface area contributed by atoms with Crippen LogP contribution < -0.4 is 14.8 Å². The van der Waals surface area contributed by atoms with Gasteiger partial charge in [-0.3, -0.25) is 9.69 Å². The van der Waals surface area contributed by atoms with E-state index < -0.39 is 0 Å². The molecule has 0 bridgehead atoms. The summed E-state index contributed by atoms with van der Waals surface area (Å²) in [6.07, 6.45) is 10.3. The van der Waals surface area contributed by atoms with Crippen LogP contribution in [0.15, 0.2) is 18.2 Å². The lowest BCUT2D eigenvalue weighted by molar-refractivity contribution is 0.0860. The number of amides is 1. The van der Waals surface area contributed by atoms with E-state index in [4.69, 9.17) is 9.47 Å². The van der Waals surface area contributed by atoms with Gasteiger partial charge in [-0.15, -0.1) is 0 Å². The Morgan fingerprint density at radius 3 is 2.42 bits per heavy atom. The number of hydrogen-bond acceptors (Lipinski definition) is 4. The quantitative estimate of drug-likeness (QED) is 0.815. The van der Waals surface area contributed by atoms with E-state index in [9.17, 15) is 4.79 Å². The van der Waals surface area contributed by atoms with E-state index in [1.54, 1.807) is 32.4 Å². The molecule has 1 heterocycles. The fraction of sp³-hybridized carbons (Fsp3) is 0.667. The standard InChI is InChI=1S/C21H32N2O3/c1-25-19-12-11-16(14-20(19)26-2)21(24)22-17-8-7-13-23(15-17)18-9-5-3-4-6-10-18/h11-12,14,17-18H,3-10,13,15H2,1-2H3,(H,22,24)/t17-/m1/s1. The maximum atomic E-state index is 12.7. The Labute approximate surface area is 157 Å². The molecule has 2 fully saturated rings. The molecular weight excluding hydrogens is 328 g/mol. The predicted molar refractivity (Wildman–Crippen MR) is 103 cm³/mol. The smallest absolute Gasteiger partial charge is 0.251 e. The molecule has 144 valence electrons. The lowest BCUT2D eigenvalue weighted by Gasteiger charge is -2.38. The van der Waals surface area contributed by atoms with Crippen LogP contribution in [-0.4, -0.2) is 50.2 Å². The third-order valence-corrected chi connectivity index (χ3v) is 5.77. The third kappa shape index (κ3) is 4.70. The predicted octanol–water partition coefficient (Wildman–Crippen LogP) is 3.62. The van der Waals surface area contributed by atoms with Crippen LogP contribution in [0.1, 0.15) is 61.7 Å². The summed E-state index contributed by atoms with van der Waals surface area (Å²) in [6, 6.07) is 6.26. The summed E-state index contributed by atoms with van der Waals surface area (Å²) in [5, 5.41) is 3.23. The molecule has 1 saturated heterocycles. The van der Waals surface area contributed by atoms with Crippen molar-refractivity contribution in [3.8, 4) is 11.5 Å². The second-order valence-electron chi connectivity index (χ2n) is 7.52. The molecule has 0 spiro atoms. The molecule has 1 aromatic rings. The minimum atomic E-state index is -0.0290. The van der Waals surface area contributed by atoms with Crippen molar-refractivity contribution in [1.29, 1.82) is 0 Å². The van der Waals surface area contributed by atoms with E-state index in [1.807, 2.05) is 0 Å². The second-order valence-corrected chi connectivity index (χ2v) is 7.52. The zero-order valence-corrected chi connectivity index (χ0v) is 16.1. The number of piperidine rings is 1. The number of nitrogens with one attached hydrogen (secondary N) is 1. The van der Waals surface area contributed by atoms with Crippen LogP contribution in [-0.2, 0) is 0 Å². The zero-order valence-electron chi connectivity index (χ0n) is 16.1. The van der Waals surface area contributed by atoms with Gasteiger partial charge in [0.2, 0.25) is 0 Å². The number of benzene rings is 1. The average molecular weight is 360 g/mol. The molecule has 2 aliphatic rings. The summed E-state index contributed by atoms with van der Waals surface area (Å²) in [5.74, 6) is 1.20. The first-order chi connectivity index (χ1) is 12.7. The molecule has 0 unspecified atom stereocenters. The molecular formula is C21H32N2O3. The van der Waals surface area contributed by atoms with E-state index in [0.29, 0.717) is 23.1 Å². The Bertz CT molecular complexity index is 597. The van der Waals surface area contributed by atoms with Crippen molar-refractivity contribution in [2.75, 3.05) is 27.3 Å². The Kier molecular flexibility index (Phi) is 6.78. The van der Waals surface area contributed by atoms with Gasteiger partial charge in [-0.05, 0) is 50.4 Å². The first kappa shape index (κ1) is 19.0. The molecule has 5 nitrogen and oxygen atoms in total. The first-order valence-electron chi connectivity index (χ1n) is 9.98. The van der Waals surface area contributed by atoms with Crippen LogP contribution in [0.4, 0.5) is 0 Å². The number of rotatable bonds is 5. The number of methoxy groups -OCH3 is 2. The highest BCUT2D eigenvalue weighted by Gasteiger charge is 2.27. The van der Waals surface area contributed by atoms with Gasteiger partial charge in [0.05, 0.1) is 14.2 Å². The van der Waals surface area contributed by atoms with Gasteiger partial charge < -0.3 is 14.8 Å². The minimum Gasteiger partial charge on any atom is -0.493 e. The largest absolute Gasteiger partial charge is 0.493 e. The van der Waals surface area contributed by atoms with E-state index >= 15 is 0 Å². The Balaban J connectivity index is 1.60. The van der Waals surface area contributed by atoms with Crippen molar-refractivity contribution in [3.63, 3.8) is 0 Å². The highest BCUT2D eigenvalue weighted by atomic mass is 16.5. The SMILES string of the molecule is COc1ccc(C(=O)N[C@@H]2CCCN(C3CCCCCC3)C2)cc1OC. The van der Waals surface area contributed by atoms with Gasteiger partial charge in [0.15, 0.2) is 11.5 Å². The van der Waals surface area contributed by atoms with Crippen molar-refractivity contribution in [2.24, 2.45) is 0 Å². The summed E-state index contributed by atoms with van der Waals surface area (Å²) in [5.41, 5.74) is 0.620. The zero-order chi connectivity index (χ0) is 18.4. The van der Waals surface area contributed by atoms with E-state index in [-0.39, 0.29) is 11.9 Å². The molecule has 1 aliphatic heterocycles. The summed E-state index contributed by atoms with van der Waals surface area (Å²) in [6.45, 7) is 2.15. The maximum absolute atomic E-state index is 12.7. The Hall–Kier alpha value is -1.75. The summed E-state index contributed by atoms with van der Waals surface area (Å²) < 4.78 is 10.6. The lowest BCUT2D eigenvalue weighted by atomic mass is 9.99. The van der Waals surface area contributed by atoms with Crippen LogP contribution in [0.25, 0.3) is 0 Å².